The summed E-state index contributed by atoms with van der Waals surface area (Å²) in [6, 6.07) is 3.28. The number of carbonyl (C=O) groups is 1. The summed E-state index contributed by atoms with van der Waals surface area (Å²) in [5.41, 5.74) is 8.38. The maximum atomic E-state index is 13.4. The van der Waals surface area contributed by atoms with Crippen LogP contribution < -0.4 is 16.0 Å². The number of pyridine rings is 1. The Morgan fingerprint density at radius 1 is 1.35 bits per heavy atom. The van der Waals surface area contributed by atoms with Crippen LogP contribution in [0.2, 0.25) is 5.02 Å². The molecular weight excluding hydrogens is 476 g/mol. The zero-order chi connectivity index (χ0) is 23.8. The highest BCUT2D eigenvalue weighted by atomic mass is 35.5. The molecule has 3 N–H and O–H groups in total. The standard InChI is InChI=1S/C22H25ClN8O2S/c1-2-4-16(27-21(32)18-19(24)28-31-6-3-5-26-20(18)31)14-11-15(23)17-12-25-13-30(17)22(14)29-7-9-34(33)10-8-29/h3,5-6,11-13,16H,2,4,7-10H2,1H3,(H2,24,28)(H,27,32). The Bertz CT molecular complexity index is 1390. The highest BCUT2D eigenvalue weighted by Crippen LogP contribution is 2.35. The first-order valence-electron chi connectivity index (χ1n) is 11.1. The van der Waals surface area contributed by atoms with Crippen molar-refractivity contribution in [3.63, 3.8) is 0 Å². The maximum absolute atomic E-state index is 13.4. The largest absolute Gasteiger partial charge is 0.381 e. The summed E-state index contributed by atoms with van der Waals surface area (Å²) >= 11 is 6.64. The molecule has 0 spiro atoms. The predicted molar refractivity (Wildman–Crippen MR) is 133 cm³/mol. The van der Waals surface area contributed by atoms with Crippen LogP contribution in [0.15, 0.2) is 37.1 Å². The van der Waals surface area contributed by atoms with E-state index in [1.807, 2.05) is 10.5 Å². The summed E-state index contributed by atoms with van der Waals surface area (Å²) in [6.07, 6.45) is 8.25. The van der Waals surface area contributed by atoms with E-state index in [0.29, 0.717) is 41.7 Å². The number of aromatic nitrogens is 5. The van der Waals surface area contributed by atoms with Crippen molar-refractivity contribution in [1.29, 1.82) is 0 Å². The normalized spacial score (nSPS) is 15.8. The minimum atomic E-state index is -0.822. The third-order valence-electron chi connectivity index (χ3n) is 6.04. The number of nitrogens with two attached hydrogens (primary N) is 1. The van der Waals surface area contributed by atoms with E-state index in [9.17, 15) is 9.00 Å². The molecule has 1 atom stereocenters. The van der Waals surface area contributed by atoms with E-state index in [4.69, 9.17) is 17.3 Å². The Kier molecular flexibility index (Phi) is 6.13. The second-order valence-corrected chi connectivity index (χ2v) is 10.3. The SMILES string of the molecule is CCCC(NC(=O)c1c(N)nn2cccnc12)c1cc(Cl)c2cncn2c1N1CCS(=O)CC1. The van der Waals surface area contributed by atoms with Crippen molar-refractivity contribution in [2.45, 2.75) is 25.8 Å². The van der Waals surface area contributed by atoms with E-state index in [1.165, 1.54) is 4.52 Å². The number of carbonyl (C=O) groups excluding carboxylic acids is 1. The van der Waals surface area contributed by atoms with E-state index >= 15 is 0 Å². The molecule has 178 valence electrons. The van der Waals surface area contributed by atoms with E-state index in [2.05, 4.69) is 32.2 Å². The molecule has 0 bridgehead atoms. The number of halogens is 1. The highest BCUT2D eigenvalue weighted by molar-refractivity contribution is 7.85. The Labute approximate surface area is 203 Å². The van der Waals surface area contributed by atoms with E-state index in [-0.39, 0.29) is 23.3 Å². The molecule has 34 heavy (non-hydrogen) atoms. The summed E-state index contributed by atoms with van der Waals surface area (Å²) in [7, 11) is -0.822. The first-order valence-corrected chi connectivity index (χ1v) is 13.0. The van der Waals surface area contributed by atoms with Crippen LogP contribution in [-0.4, -0.2) is 58.7 Å². The van der Waals surface area contributed by atoms with Crippen LogP contribution in [0.5, 0.6) is 0 Å². The quantitative estimate of drug-likeness (QED) is 0.417. The summed E-state index contributed by atoms with van der Waals surface area (Å²) in [5.74, 6) is 1.85. The van der Waals surface area contributed by atoms with Crippen LogP contribution in [0.3, 0.4) is 0 Å². The zero-order valence-corrected chi connectivity index (χ0v) is 20.2. The van der Waals surface area contributed by atoms with E-state index in [1.54, 1.807) is 31.0 Å². The van der Waals surface area contributed by atoms with Gasteiger partial charge in [-0.05, 0) is 18.6 Å². The Morgan fingerprint density at radius 2 is 2.15 bits per heavy atom. The topological polar surface area (TPSA) is 123 Å². The van der Waals surface area contributed by atoms with E-state index in [0.717, 1.165) is 23.3 Å². The van der Waals surface area contributed by atoms with Gasteiger partial charge in [0, 0.05) is 53.4 Å². The second kappa shape index (κ2) is 9.22. The molecule has 4 aromatic heterocycles. The van der Waals surface area contributed by atoms with Gasteiger partial charge in [-0.2, -0.15) is 0 Å². The molecule has 5 rings (SSSR count). The molecule has 1 fully saturated rings. The molecule has 5 heterocycles. The first-order chi connectivity index (χ1) is 16.5. The summed E-state index contributed by atoms with van der Waals surface area (Å²) in [5, 5.41) is 7.90. The molecule has 1 saturated heterocycles. The van der Waals surface area contributed by atoms with E-state index < -0.39 is 10.8 Å². The number of anilines is 2. The van der Waals surface area contributed by atoms with Gasteiger partial charge in [0.25, 0.3) is 5.91 Å². The van der Waals surface area contributed by atoms with Gasteiger partial charge >= 0.3 is 0 Å². The molecule has 10 nitrogen and oxygen atoms in total. The molecule has 12 heteroatoms. The van der Waals surface area contributed by atoms with Gasteiger partial charge in [-0.1, -0.05) is 24.9 Å². The van der Waals surface area contributed by atoms with Gasteiger partial charge in [0.15, 0.2) is 11.5 Å². The summed E-state index contributed by atoms with van der Waals surface area (Å²) < 4.78 is 15.4. The molecule has 0 aliphatic carbocycles. The monoisotopic (exact) mass is 500 g/mol. The van der Waals surface area contributed by atoms with Crippen molar-refractivity contribution < 1.29 is 9.00 Å². The maximum Gasteiger partial charge on any atom is 0.259 e. The third kappa shape index (κ3) is 3.98. The van der Waals surface area contributed by atoms with Crippen LogP contribution in [-0.2, 0) is 10.8 Å². The van der Waals surface area contributed by atoms with Crippen molar-refractivity contribution in [2.24, 2.45) is 0 Å². The minimum absolute atomic E-state index is 0.119. The lowest BCUT2D eigenvalue weighted by Crippen LogP contribution is -2.40. The fourth-order valence-corrected chi connectivity index (χ4v) is 5.75. The molecule has 1 amide bonds. The lowest BCUT2D eigenvalue weighted by atomic mass is 10.0. The number of nitrogen functional groups attached to an aromatic ring is 1. The highest BCUT2D eigenvalue weighted by Gasteiger charge is 2.28. The van der Waals surface area contributed by atoms with Gasteiger partial charge < -0.3 is 16.0 Å². The van der Waals surface area contributed by atoms with Gasteiger partial charge in [0.05, 0.1) is 22.8 Å². The predicted octanol–water partition coefficient (Wildman–Crippen LogP) is 2.45. The average molecular weight is 501 g/mol. The van der Waals surface area contributed by atoms with Crippen molar-refractivity contribution in [3.8, 4) is 0 Å². The number of fused-ring (bicyclic) bond motifs is 2. The van der Waals surface area contributed by atoms with Crippen molar-refractivity contribution >= 4 is 51.1 Å². The molecule has 1 unspecified atom stereocenters. The van der Waals surface area contributed by atoms with Gasteiger partial charge in [0.2, 0.25) is 0 Å². The van der Waals surface area contributed by atoms with Crippen LogP contribution in [0.25, 0.3) is 11.2 Å². The lowest BCUT2D eigenvalue weighted by molar-refractivity contribution is 0.0937. The van der Waals surface area contributed by atoms with Crippen molar-refractivity contribution in [1.82, 2.24) is 29.3 Å². The Balaban J connectivity index is 1.58. The number of nitrogens with zero attached hydrogens (tertiary/aromatic N) is 6. The van der Waals surface area contributed by atoms with Gasteiger partial charge in [0.1, 0.15) is 17.7 Å². The summed E-state index contributed by atoms with van der Waals surface area (Å²) in [6.45, 7) is 3.35. The smallest absolute Gasteiger partial charge is 0.259 e. The van der Waals surface area contributed by atoms with Gasteiger partial charge in [-0.25, -0.2) is 14.5 Å². The van der Waals surface area contributed by atoms with Crippen LogP contribution in [0.1, 0.15) is 41.7 Å². The van der Waals surface area contributed by atoms with Gasteiger partial charge in [-0.15, -0.1) is 5.10 Å². The Morgan fingerprint density at radius 3 is 2.91 bits per heavy atom. The zero-order valence-electron chi connectivity index (χ0n) is 18.6. The third-order valence-corrected chi connectivity index (χ3v) is 7.62. The fraction of sp³-hybridized carbons (Fsp3) is 0.364. The second-order valence-electron chi connectivity index (χ2n) is 8.22. The number of hydrogen-bond acceptors (Lipinski definition) is 7. The fourth-order valence-electron chi connectivity index (χ4n) is 4.44. The molecule has 1 aliphatic heterocycles. The molecule has 1 aliphatic rings. The number of hydrogen-bond donors (Lipinski definition) is 2. The van der Waals surface area contributed by atoms with Gasteiger partial charge in [-0.3, -0.25) is 13.4 Å². The average Bonchev–Trinajstić information content (AvgIpc) is 3.44. The number of imidazole rings is 1. The lowest BCUT2D eigenvalue weighted by Gasteiger charge is -2.33. The van der Waals surface area contributed by atoms with Crippen molar-refractivity contribution in [3.05, 3.63) is 53.2 Å². The van der Waals surface area contributed by atoms with Crippen LogP contribution in [0, 0.1) is 0 Å². The number of amides is 1. The summed E-state index contributed by atoms with van der Waals surface area (Å²) in [4.78, 5) is 24.2. The molecule has 0 radical (unpaired) electrons. The molecule has 0 aromatic carbocycles. The van der Waals surface area contributed by atoms with Crippen LogP contribution >= 0.6 is 11.6 Å². The minimum Gasteiger partial charge on any atom is -0.381 e. The molecule has 0 saturated carbocycles. The first kappa shape index (κ1) is 22.6. The molecular formula is C22H25ClN8O2S. The Hall–Kier alpha value is -3.18. The number of nitrogens with one attached hydrogen (secondary N) is 1. The molecule has 4 aromatic rings. The number of rotatable bonds is 6. The van der Waals surface area contributed by atoms with Crippen LogP contribution in [0.4, 0.5) is 11.6 Å². The van der Waals surface area contributed by atoms with Crippen molar-refractivity contribution in [2.75, 3.05) is 35.2 Å².